The first-order valence-electron chi connectivity index (χ1n) is 13.5. The van der Waals surface area contributed by atoms with Gasteiger partial charge in [-0.3, -0.25) is 14.5 Å². The number of halogens is 3. The third-order valence-electron chi connectivity index (χ3n) is 8.31. The van der Waals surface area contributed by atoms with E-state index in [1.165, 1.54) is 6.07 Å². The van der Waals surface area contributed by atoms with Crippen molar-refractivity contribution in [2.45, 2.75) is 51.2 Å². The summed E-state index contributed by atoms with van der Waals surface area (Å²) in [7, 11) is 0. The van der Waals surface area contributed by atoms with Crippen molar-refractivity contribution >= 4 is 29.4 Å². The predicted octanol–water partition coefficient (Wildman–Crippen LogP) is 4.18. The molecule has 0 radical (unpaired) electrons. The minimum absolute atomic E-state index is 0.0436. The highest BCUT2D eigenvalue weighted by Crippen LogP contribution is 2.41. The van der Waals surface area contributed by atoms with Crippen molar-refractivity contribution in [1.29, 1.82) is 0 Å². The largest absolute Gasteiger partial charge is 0.426 e. The lowest BCUT2D eigenvalue weighted by molar-refractivity contribution is -0.142. The number of carbonyl (C=O) groups excluding carboxylic acids is 3. The van der Waals surface area contributed by atoms with E-state index in [9.17, 15) is 27.6 Å². The molecule has 2 fully saturated rings. The van der Waals surface area contributed by atoms with Gasteiger partial charge in [0.1, 0.15) is 17.1 Å². The molecule has 3 unspecified atom stereocenters. The maximum atomic E-state index is 13.4. The number of anilines is 2. The van der Waals surface area contributed by atoms with Crippen LogP contribution in [0.15, 0.2) is 36.5 Å². The quantitative estimate of drug-likeness (QED) is 0.309. The first-order valence-corrected chi connectivity index (χ1v) is 13.5. The van der Waals surface area contributed by atoms with Crippen LogP contribution >= 0.6 is 0 Å². The first-order chi connectivity index (χ1) is 19.0. The SMILES string of the molecule is CCN(CC)c1ccc2c(c1)OC(=O)C(CCN1C(=O)NC3(CCN(c4ccc(C(F)(F)F)cn4)C3)C1=O)C2C. The number of urea groups is 1. The molecular formula is C28H32F3N5O4. The number of pyridine rings is 1. The molecule has 214 valence electrons. The van der Waals surface area contributed by atoms with Crippen molar-refractivity contribution in [1.82, 2.24) is 15.2 Å². The number of amides is 3. The zero-order chi connectivity index (χ0) is 28.8. The number of alkyl halides is 3. The van der Waals surface area contributed by atoms with E-state index in [0.29, 0.717) is 24.5 Å². The van der Waals surface area contributed by atoms with Gasteiger partial charge in [-0.05, 0) is 56.4 Å². The molecular weight excluding hydrogens is 527 g/mol. The number of imide groups is 1. The van der Waals surface area contributed by atoms with Gasteiger partial charge in [0.2, 0.25) is 0 Å². The Balaban J connectivity index is 1.24. The zero-order valence-corrected chi connectivity index (χ0v) is 22.6. The van der Waals surface area contributed by atoms with Crippen molar-refractivity contribution in [3.8, 4) is 5.75 Å². The number of benzene rings is 1. The molecule has 0 saturated carbocycles. The molecule has 3 aliphatic rings. The van der Waals surface area contributed by atoms with Crippen LogP contribution in [-0.4, -0.2) is 66.1 Å². The number of aromatic nitrogens is 1. The number of carbonyl (C=O) groups is 3. The Morgan fingerprint density at radius 3 is 2.55 bits per heavy atom. The molecule has 1 spiro atoms. The van der Waals surface area contributed by atoms with Gasteiger partial charge in [0, 0.05) is 44.1 Å². The Labute approximate surface area is 230 Å². The van der Waals surface area contributed by atoms with E-state index in [-0.39, 0.29) is 31.4 Å². The van der Waals surface area contributed by atoms with Gasteiger partial charge in [0.25, 0.3) is 5.91 Å². The van der Waals surface area contributed by atoms with Gasteiger partial charge in [-0.1, -0.05) is 13.0 Å². The van der Waals surface area contributed by atoms with Gasteiger partial charge >= 0.3 is 18.2 Å². The monoisotopic (exact) mass is 559 g/mol. The molecule has 4 heterocycles. The Bertz CT molecular complexity index is 1310. The molecule has 5 rings (SSSR count). The van der Waals surface area contributed by atoms with E-state index < -0.39 is 35.1 Å². The number of nitrogens with zero attached hydrogens (tertiary/aromatic N) is 4. The van der Waals surface area contributed by atoms with Crippen LogP contribution in [0.25, 0.3) is 0 Å². The lowest BCUT2D eigenvalue weighted by Crippen LogP contribution is -2.49. The molecule has 1 aromatic heterocycles. The summed E-state index contributed by atoms with van der Waals surface area (Å²) in [5, 5.41) is 2.79. The summed E-state index contributed by atoms with van der Waals surface area (Å²) in [4.78, 5) is 48.1. The van der Waals surface area contributed by atoms with Gasteiger partial charge in [-0.25, -0.2) is 9.78 Å². The Morgan fingerprint density at radius 2 is 1.90 bits per heavy atom. The predicted molar refractivity (Wildman–Crippen MR) is 141 cm³/mol. The van der Waals surface area contributed by atoms with Crippen molar-refractivity contribution in [2.24, 2.45) is 5.92 Å². The average molecular weight is 560 g/mol. The van der Waals surface area contributed by atoms with Crippen LogP contribution in [0.4, 0.5) is 29.5 Å². The van der Waals surface area contributed by atoms with Gasteiger partial charge in [0.05, 0.1) is 18.0 Å². The third kappa shape index (κ3) is 4.84. The molecule has 3 aliphatic heterocycles. The van der Waals surface area contributed by atoms with E-state index in [4.69, 9.17) is 4.74 Å². The summed E-state index contributed by atoms with van der Waals surface area (Å²) in [5.41, 5.74) is -0.161. The third-order valence-corrected chi connectivity index (χ3v) is 8.31. The molecule has 0 bridgehead atoms. The van der Waals surface area contributed by atoms with Crippen molar-refractivity contribution in [3.05, 3.63) is 47.7 Å². The second-order valence-corrected chi connectivity index (χ2v) is 10.5. The number of nitrogens with one attached hydrogen (secondary N) is 1. The fourth-order valence-electron chi connectivity index (χ4n) is 5.92. The standard InChI is InChI=1S/C28H32F3N5O4/c1-4-34(5-2)19-7-8-20-17(3)21(24(37)40-22(20)14-19)10-12-36-25(38)27(33-26(36)39)11-13-35(16-27)23-9-6-18(15-32-23)28(29,30)31/h6-9,14-15,17,21H,4-5,10-13,16H2,1-3H3,(H,33,39). The topological polar surface area (TPSA) is 95.1 Å². The van der Waals surface area contributed by atoms with Crippen molar-refractivity contribution < 1.29 is 32.3 Å². The fraction of sp³-hybridized carbons (Fsp3) is 0.500. The van der Waals surface area contributed by atoms with Crippen LogP contribution in [0.2, 0.25) is 0 Å². The summed E-state index contributed by atoms with van der Waals surface area (Å²) in [6.07, 6.45) is -3.20. The molecule has 12 heteroatoms. The number of esters is 1. The Kier molecular flexibility index (Phi) is 7.13. The van der Waals surface area contributed by atoms with Gasteiger partial charge in [-0.2, -0.15) is 13.2 Å². The molecule has 3 amide bonds. The number of hydrogen-bond donors (Lipinski definition) is 1. The van der Waals surface area contributed by atoms with Crippen LogP contribution in [0, 0.1) is 5.92 Å². The molecule has 9 nitrogen and oxygen atoms in total. The molecule has 1 aromatic carbocycles. The maximum Gasteiger partial charge on any atom is 0.417 e. The first kappa shape index (κ1) is 27.7. The van der Waals surface area contributed by atoms with E-state index >= 15 is 0 Å². The van der Waals surface area contributed by atoms with Gasteiger partial charge in [0.15, 0.2) is 0 Å². The lowest BCUT2D eigenvalue weighted by atomic mass is 9.82. The second-order valence-electron chi connectivity index (χ2n) is 10.5. The number of ether oxygens (including phenoxy) is 1. The number of fused-ring (bicyclic) bond motifs is 1. The van der Waals surface area contributed by atoms with Crippen LogP contribution in [0.5, 0.6) is 5.75 Å². The lowest BCUT2D eigenvalue weighted by Gasteiger charge is -2.31. The smallest absolute Gasteiger partial charge is 0.417 e. The van der Waals surface area contributed by atoms with Crippen LogP contribution in [0.3, 0.4) is 0 Å². The second kappa shape index (κ2) is 10.3. The Morgan fingerprint density at radius 1 is 1.15 bits per heavy atom. The molecule has 2 aromatic rings. The van der Waals surface area contributed by atoms with Gasteiger partial charge in [-0.15, -0.1) is 0 Å². The summed E-state index contributed by atoms with van der Waals surface area (Å²) in [6.45, 7) is 8.20. The molecule has 1 N–H and O–H groups in total. The zero-order valence-electron chi connectivity index (χ0n) is 22.6. The van der Waals surface area contributed by atoms with Crippen LogP contribution in [-0.2, 0) is 15.8 Å². The van der Waals surface area contributed by atoms with Crippen molar-refractivity contribution in [2.75, 3.05) is 42.5 Å². The molecule has 2 saturated heterocycles. The van der Waals surface area contributed by atoms with E-state index in [1.54, 1.807) is 4.90 Å². The minimum Gasteiger partial charge on any atom is -0.426 e. The minimum atomic E-state index is -4.49. The Hall–Kier alpha value is -3.83. The average Bonchev–Trinajstić information content (AvgIpc) is 3.44. The highest BCUT2D eigenvalue weighted by atomic mass is 19.4. The van der Waals surface area contributed by atoms with Crippen LogP contribution in [0.1, 0.15) is 50.7 Å². The van der Waals surface area contributed by atoms with E-state index in [2.05, 4.69) is 29.0 Å². The summed E-state index contributed by atoms with van der Waals surface area (Å²) < 4.78 is 44.4. The summed E-state index contributed by atoms with van der Waals surface area (Å²) in [5.74, 6) is -0.654. The number of rotatable bonds is 7. The van der Waals surface area contributed by atoms with Gasteiger partial charge < -0.3 is 19.9 Å². The van der Waals surface area contributed by atoms with E-state index in [1.807, 2.05) is 25.1 Å². The highest BCUT2D eigenvalue weighted by Gasteiger charge is 2.55. The van der Waals surface area contributed by atoms with E-state index in [0.717, 1.165) is 41.5 Å². The molecule has 40 heavy (non-hydrogen) atoms. The summed E-state index contributed by atoms with van der Waals surface area (Å²) >= 11 is 0. The molecule has 3 atom stereocenters. The summed E-state index contributed by atoms with van der Waals surface area (Å²) in [6, 6.07) is 7.52. The highest BCUT2D eigenvalue weighted by molar-refractivity contribution is 6.07. The fourth-order valence-corrected chi connectivity index (χ4v) is 5.92. The van der Waals surface area contributed by atoms with Crippen LogP contribution < -0.4 is 19.9 Å². The number of hydrogen-bond acceptors (Lipinski definition) is 7. The normalized spacial score (nSPS) is 24.4. The maximum absolute atomic E-state index is 13.4. The van der Waals surface area contributed by atoms with Crippen molar-refractivity contribution in [3.63, 3.8) is 0 Å². The molecule has 0 aliphatic carbocycles.